The monoisotopic (exact) mass is 251 g/mol. The van der Waals surface area contributed by atoms with Crippen molar-refractivity contribution in [1.82, 2.24) is 0 Å². The third kappa shape index (κ3) is 4.67. The van der Waals surface area contributed by atoms with Gasteiger partial charge < -0.3 is 15.6 Å². The Kier molecular flexibility index (Phi) is 6.76. The van der Waals surface area contributed by atoms with E-state index < -0.39 is 0 Å². The molecule has 0 heterocycles. The highest BCUT2D eigenvalue weighted by Gasteiger charge is 2.26. The summed E-state index contributed by atoms with van der Waals surface area (Å²) in [5.41, 5.74) is 5.68. The predicted octanol–water partition coefficient (Wildman–Crippen LogP) is 2.58. The quantitative estimate of drug-likeness (QED) is 0.663. The molecule has 1 atom stereocenters. The minimum absolute atomic E-state index is 0.116. The molecule has 1 rings (SSSR count). The average molecular weight is 251 g/mol. The van der Waals surface area contributed by atoms with Crippen LogP contribution in [0.15, 0.2) is 30.3 Å². The lowest BCUT2D eigenvalue weighted by Crippen LogP contribution is -2.34. The van der Waals surface area contributed by atoms with Gasteiger partial charge in [0.1, 0.15) is 5.75 Å². The van der Waals surface area contributed by atoms with Gasteiger partial charge in [0.05, 0.1) is 6.61 Å². The lowest BCUT2D eigenvalue weighted by molar-refractivity contribution is 0.103. The first-order valence-electron chi connectivity index (χ1n) is 6.75. The number of hydrogen-bond donors (Lipinski definition) is 2. The standard InChI is InChI=1S/C15H25NO2/c1-2-9-15(12-16,13-17)10-6-11-18-14-7-4-3-5-8-14/h3-5,7-8,17H,2,6,9-13,16H2,1H3. The predicted molar refractivity (Wildman–Crippen MR) is 74.7 cm³/mol. The van der Waals surface area contributed by atoms with Crippen LogP contribution in [0.4, 0.5) is 0 Å². The fourth-order valence-electron chi connectivity index (χ4n) is 2.24. The number of benzene rings is 1. The van der Waals surface area contributed by atoms with Crippen molar-refractivity contribution < 1.29 is 9.84 Å². The van der Waals surface area contributed by atoms with Gasteiger partial charge in [-0.3, -0.25) is 0 Å². The van der Waals surface area contributed by atoms with Crippen molar-refractivity contribution in [2.45, 2.75) is 32.6 Å². The number of rotatable bonds is 9. The molecule has 3 nitrogen and oxygen atoms in total. The van der Waals surface area contributed by atoms with Crippen LogP contribution < -0.4 is 10.5 Å². The van der Waals surface area contributed by atoms with Gasteiger partial charge in [-0.25, -0.2) is 0 Å². The first-order valence-corrected chi connectivity index (χ1v) is 6.75. The van der Waals surface area contributed by atoms with Crippen molar-refractivity contribution in [3.8, 4) is 5.75 Å². The smallest absolute Gasteiger partial charge is 0.119 e. The van der Waals surface area contributed by atoms with Crippen LogP contribution in [0.2, 0.25) is 0 Å². The van der Waals surface area contributed by atoms with E-state index in [-0.39, 0.29) is 12.0 Å². The number of nitrogens with two attached hydrogens (primary N) is 1. The van der Waals surface area contributed by atoms with E-state index in [9.17, 15) is 5.11 Å². The molecule has 0 aromatic heterocycles. The van der Waals surface area contributed by atoms with E-state index >= 15 is 0 Å². The summed E-state index contributed by atoms with van der Waals surface area (Å²) < 4.78 is 5.65. The summed E-state index contributed by atoms with van der Waals surface area (Å²) in [5.74, 6) is 0.898. The van der Waals surface area contributed by atoms with Crippen molar-refractivity contribution in [3.05, 3.63) is 30.3 Å². The average Bonchev–Trinajstić information content (AvgIpc) is 2.43. The van der Waals surface area contributed by atoms with E-state index in [1.807, 2.05) is 30.3 Å². The molecule has 1 unspecified atom stereocenters. The summed E-state index contributed by atoms with van der Waals surface area (Å²) in [6.07, 6.45) is 3.87. The Bertz CT molecular complexity index is 310. The lowest BCUT2D eigenvalue weighted by Gasteiger charge is -2.30. The minimum Gasteiger partial charge on any atom is -0.494 e. The van der Waals surface area contributed by atoms with E-state index in [1.54, 1.807) is 0 Å². The van der Waals surface area contributed by atoms with Gasteiger partial charge in [-0.05, 0) is 31.4 Å². The Morgan fingerprint density at radius 2 is 1.94 bits per heavy atom. The molecular weight excluding hydrogens is 226 g/mol. The molecule has 1 aromatic carbocycles. The number of aliphatic hydroxyl groups excluding tert-OH is 1. The number of para-hydroxylation sites is 1. The zero-order chi connectivity index (χ0) is 13.3. The third-order valence-corrected chi connectivity index (χ3v) is 3.41. The van der Waals surface area contributed by atoms with Gasteiger partial charge in [0.15, 0.2) is 0 Å². The number of hydrogen-bond acceptors (Lipinski definition) is 3. The van der Waals surface area contributed by atoms with Crippen molar-refractivity contribution in [2.75, 3.05) is 19.8 Å². The van der Waals surface area contributed by atoms with Crippen molar-refractivity contribution in [2.24, 2.45) is 11.1 Å². The van der Waals surface area contributed by atoms with E-state index in [1.165, 1.54) is 0 Å². The van der Waals surface area contributed by atoms with Crippen LogP contribution >= 0.6 is 0 Å². The van der Waals surface area contributed by atoms with Gasteiger partial charge in [0, 0.05) is 18.6 Å². The zero-order valence-electron chi connectivity index (χ0n) is 11.3. The third-order valence-electron chi connectivity index (χ3n) is 3.41. The van der Waals surface area contributed by atoms with Crippen molar-refractivity contribution in [3.63, 3.8) is 0 Å². The van der Waals surface area contributed by atoms with Gasteiger partial charge in [-0.15, -0.1) is 0 Å². The molecule has 1 aromatic rings. The second-order valence-electron chi connectivity index (χ2n) is 4.88. The summed E-state index contributed by atoms with van der Waals surface area (Å²) in [5, 5.41) is 9.50. The van der Waals surface area contributed by atoms with E-state index in [0.717, 1.165) is 31.4 Å². The van der Waals surface area contributed by atoms with Gasteiger partial charge in [-0.2, -0.15) is 0 Å². The highest BCUT2D eigenvalue weighted by molar-refractivity contribution is 5.20. The second kappa shape index (κ2) is 8.11. The molecule has 102 valence electrons. The number of ether oxygens (including phenoxy) is 1. The van der Waals surface area contributed by atoms with E-state index in [4.69, 9.17) is 10.5 Å². The van der Waals surface area contributed by atoms with Crippen LogP contribution in [0.3, 0.4) is 0 Å². The Labute approximate surface area is 110 Å². The van der Waals surface area contributed by atoms with Gasteiger partial charge in [-0.1, -0.05) is 31.5 Å². The molecule has 3 N–H and O–H groups in total. The van der Waals surface area contributed by atoms with Crippen molar-refractivity contribution in [1.29, 1.82) is 0 Å². The van der Waals surface area contributed by atoms with Gasteiger partial charge in [0.25, 0.3) is 0 Å². The molecule has 0 aliphatic carbocycles. The molecule has 0 spiro atoms. The van der Waals surface area contributed by atoms with Crippen LogP contribution in [0.25, 0.3) is 0 Å². The fraction of sp³-hybridized carbons (Fsp3) is 0.600. The summed E-state index contributed by atoms with van der Waals surface area (Å²) in [6.45, 7) is 3.52. The molecule has 0 aliphatic heterocycles. The normalized spacial score (nSPS) is 14.2. The summed E-state index contributed by atoms with van der Waals surface area (Å²) >= 11 is 0. The van der Waals surface area contributed by atoms with E-state index in [2.05, 4.69) is 6.92 Å². The zero-order valence-corrected chi connectivity index (χ0v) is 11.3. The van der Waals surface area contributed by atoms with Crippen LogP contribution in [0.5, 0.6) is 5.75 Å². The Morgan fingerprint density at radius 1 is 1.22 bits per heavy atom. The molecule has 0 fully saturated rings. The van der Waals surface area contributed by atoms with Crippen LogP contribution in [0.1, 0.15) is 32.6 Å². The van der Waals surface area contributed by atoms with Crippen LogP contribution in [-0.4, -0.2) is 24.9 Å². The maximum atomic E-state index is 9.50. The molecule has 0 amide bonds. The van der Waals surface area contributed by atoms with Crippen LogP contribution in [-0.2, 0) is 0 Å². The number of aliphatic hydroxyl groups is 1. The SMILES string of the molecule is CCCC(CN)(CO)CCCOc1ccccc1. The molecule has 18 heavy (non-hydrogen) atoms. The Hall–Kier alpha value is -1.06. The topological polar surface area (TPSA) is 55.5 Å². The highest BCUT2D eigenvalue weighted by atomic mass is 16.5. The minimum atomic E-state index is -0.116. The summed E-state index contributed by atoms with van der Waals surface area (Å²) in [4.78, 5) is 0. The Balaban J connectivity index is 2.31. The molecule has 0 saturated carbocycles. The maximum Gasteiger partial charge on any atom is 0.119 e. The van der Waals surface area contributed by atoms with Gasteiger partial charge in [0.2, 0.25) is 0 Å². The molecule has 0 bridgehead atoms. The molecule has 0 saturated heterocycles. The first kappa shape index (κ1) is 15.0. The second-order valence-corrected chi connectivity index (χ2v) is 4.88. The summed E-state index contributed by atoms with van der Waals surface area (Å²) in [7, 11) is 0. The van der Waals surface area contributed by atoms with E-state index in [0.29, 0.717) is 13.2 Å². The molecular formula is C15H25NO2. The van der Waals surface area contributed by atoms with Crippen molar-refractivity contribution >= 4 is 0 Å². The Morgan fingerprint density at radius 3 is 2.50 bits per heavy atom. The molecule has 0 radical (unpaired) electrons. The van der Waals surface area contributed by atoms with Crippen LogP contribution in [0, 0.1) is 5.41 Å². The first-order chi connectivity index (χ1) is 8.76. The molecule has 0 aliphatic rings. The lowest BCUT2D eigenvalue weighted by atomic mass is 9.80. The maximum absolute atomic E-state index is 9.50. The fourth-order valence-corrected chi connectivity index (χ4v) is 2.24. The molecule has 3 heteroatoms. The van der Waals surface area contributed by atoms with Gasteiger partial charge >= 0.3 is 0 Å². The highest BCUT2D eigenvalue weighted by Crippen LogP contribution is 2.28. The summed E-state index contributed by atoms with van der Waals surface area (Å²) in [6, 6.07) is 9.80. The largest absolute Gasteiger partial charge is 0.494 e.